The lowest BCUT2D eigenvalue weighted by Gasteiger charge is -2.19. The van der Waals surface area contributed by atoms with Gasteiger partial charge in [0.05, 0.1) is 16.8 Å². The topological polar surface area (TPSA) is 100 Å². The van der Waals surface area contributed by atoms with Gasteiger partial charge in [-0.05, 0) is 18.2 Å². The van der Waals surface area contributed by atoms with Gasteiger partial charge in [-0.15, -0.1) is 0 Å². The number of aromatic carboxylic acids is 1. The van der Waals surface area contributed by atoms with Crippen LogP contribution in [0.1, 0.15) is 10.4 Å². The molecule has 1 aromatic carbocycles. The molecule has 21 heavy (non-hydrogen) atoms. The fourth-order valence-corrected chi connectivity index (χ4v) is 2.49. The van der Waals surface area contributed by atoms with Crippen molar-refractivity contribution in [1.29, 1.82) is 0 Å². The van der Waals surface area contributed by atoms with Crippen molar-refractivity contribution >= 4 is 32.5 Å². The molecule has 0 spiro atoms. The maximum Gasteiger partial charge on any atom is 0.335 e. The highest BCUT2D eigenvalue weighted by Gasteiger charge is 2.12. The van der Waals surface area contributed by atoms with Crippen LogP contribution in [0.25, 0.3) is 10.9 Å². The van der Waals surface area contributed by atoms with Crippen LogP contribution in [0.2, 0.25) is 0 Å². The lowest BCUT2D eigenvalue weighted by molar-refractivity contribution is 0.0697. The number of rotatable bonds is 5. The van der Waals surface area contributed by atoms with Gasteiger partial charge in [0, 0.05) is 25.2 Å². The van der Waals surface area contributed by atoms with Gasteiger partial charge in [-0.25, -0.2) is 23.2 Å². The summed E-state index contributed by atoms with van der Waals surface area (Å²) < 4.78 is 22.5. The second kappa shape index (κ2) is 5.65. The third-order valence-corrected chi connectivity index (χ3v) is 3.95. The van der Waals surface area contributed by atoms with Crippen molar-refractivity contribution in [3.63, 3.8) is 0 Å². The molecule has 1 N–H and O–H groups in total. The zero-order chi connectivity index (χ0) is 15.6. The van der Waals surface area contributed by atoms with Gasteiger partial charge in [0.2, 0.25) is 0 Å². The molecule has 0 aliphatic carbocycles. The number of carbonyl (C=O) groups is 1. The summed E-state index contributed by atoms with van der Waals surface area (Å²) in [5, 5.41) is 9.66. The Morgan fingerprint density at radius 2 is 2.05 bits per heavy atom. The first-order chi connectivity index (χ1) is 9.78. The normalized spacial score (nSPS) is 11.5. The zero-order valence-corrected chi connectivity index (χ0v) is 12.5. The molecule has 1 heterocycles. The Bertz CT molecular complexity index is 789. The van der Waals surface area contributed by atoms with E-state index in [-0.39, 0.29) is 11.3 Å². The number of hydrogen-bond acceptors (Lipinski definition) is 6. The summed E-state index contributed by atoms with van der Waals surface area (Å²) in [4.78, 5) is 20.9. The van der Waals surface area contributed by atoms with E-state index in [1.807, 2.05) is 0 Å². The number of benzene rings is 1. The molecule has 2 aromatic rings. The number of nitrogens with zero attached hydrogens (tertiary/aromatic N) is 3. The van der Waals surface area contributed by atoms with E-state index in [1.54, 1.807) is 18.0 Å². The average molecular weight is 309 g/mol. The van der Waals surface area contributed by atoms with Crippen molar-refractivity contribution in [2.24, 2.45) is 0 Å². The van der Waals surface area contributed by atoms with Crippen LogP contribution in [0.5, 0.6) is 0 Å². The van der Waals surface area contributed by atoms with Crippen molar-refractivity contribution in [2.45, 2.75) is 0 Å². The molecule has 8 heteroatoms. The Hall–Kier alpha value is -2.22. The summed E-state index contributed by atoms with van der Waals surface area (Å²) in [6.45, 7) is 0.297. The van der Waals surface area contributed by atoms with Crippen LogP contribution in [0.3, 0.4) is 0 Å². The highest BCUT2D eigenvalue weighted by Crippen LogP contribution is 2.22. The Morgan fingerprint density at radius 1 is 1.33 bits per heavy atom. The number of sulfone groups is 1. The van der Waals surface area contributed by atoms with E-state index in [0.29, 0.717) is 23.3 Å². The maximum atomic E-state index is 11.2. The van der Waals surface area contributed by atoms with Crippen molar-refractivity contribution in [1.82, 2.24) is 9.97 Å². The molecule has 0 aliphatic heterocycles. The van der Waals surface area contributed by atoms with Crippen LogP contribution in [0, 0.1) is 0 Å². The van der Waals surface area contributed by atoms with Gasteiger partial charge in [-0.3, -0.25) is 0 Å². The molecule has 112 valence electrons. The monoisotopic (exact) mass is 309 g/mol. The predicted octanol–water partition coefficient (Wildman–Crippen LogP) is 0.809. The maximum absolute atomic E-state index is 11.2. The van der Waals surface area contributed by atoms with E-state index in [1.165, 1.54) is 24.7 Å². The minimum atomic E-state index is -3.06. The van der Waals surface area contributed by atoms with E-state index >= 15 is 0 Å². The van der Waals surface area contributed by atoms with Gasteiger partial charge < -0.3 is 10.0 Å². The minimum absolute atomic E-state index is 0.0161. The molecule has 0 atom stereocenters. The predicted molar refractivity (Wildman–Crippen MR) is 79.5 cm³/mol. The van der Waals surface area contributed by atoms with E-state index in [9.17, 15) is 13.2 Å². The van der Waals surface area contributed by atoms with Gasteiger partial charge in [0.25, 0.3) is 0 Å². The second-order valence-corrected chi connectivity index (χ2v) is 7.05. The quantitative estimate of drug-likeness (QED) is 0.872. The Labute approximate surface area is 122 Å². The van der Waals surface area contributed by atoms with Crippen LogP contribution in [0.4, 0.5) is 5.82 Å². The first-order valence-corrected chi connectivity index (χ1v) is 8.21. The van der Waals surface area contributed by atoms with Crippen LogP contribution in [0.15, 0.2) is 24.5 Å². The van der Waals surface area contributed by atoms with Gasteiger partial charge in [0.15, 0.2) is 0 Å². The first-order valence-electron chi connectivity index (χ1n) is 6.15. The van der Waals surface area contributed by atoms with Crippen LogP contribution in [-0.2, 0) is 9.84 Å². The Balaban J connectivity index is 2.38. The molecular weight excluding hydrogens is 294 g/mol. The van der Waals surface area contributed by atoms with Gasteiger partial charge in [-0.1, -0.05) is 0 Å². The smallest absolute Gasteiger partial charge is 0.335 e. The molecule has 0 aliphatic rings. The van der Waals surface area contributed by atoms with Crippen molar-refractivity contribution in [2.75, 3.05) is 30.5 Å². The minimum Gasteiger partial charge on any atom is -0.478 e. The SMILES string of the molecule is CN(CCS(C)(=O)=O)c1ncnc2cc(C(=O)O)ccc12. The van der Waals surface area contributed by atoms with Gasteiger partial charge >= 0.3 is 5.97 Å². The molecule has 0 fully saturated rings. The Morgan fingerprint density at radius 3 is 2.67 bits per heavy atom. The van der Waals surface area contributed by atoms with E-state index in [4.69, 9.17) is 5.11 Å². The number of aromatic nitrogens is 2. The number of carboxylic acids is 1. The summed E-state index contributed by atoms with van der Waals surface area (Å²) in [5.74, 6) is -0.439. The standard InChI is InChI=1S/C13H15N3O4S/c1-16(5-6-21(2,19)20)12-10-4-3-9(13(17)18)7-11(10)14-8-15-12/h3-4,7-8H,5-6H2,1-2H3,(H,17,18). The number of carboxylic acid groups (broad SMARTS) is 1. The molecule has 0 unspecified atom stereocenters. The summed E-state index contributed by atoms with van der Waals surface area (Å²) in [6.07, 6.45) is 2.51. The van der Waals surface area contributed by atoms with Crippen molar-refractivity contribution in [3.8, 4) is 0 Å². The van der Waals surface area contributed by atoms with Crippen LogP contribution < -0.4 is 4.90 Å². The Kier molecular flexibility index (Phi) is 4.08. The third-order valence-electron chi connectivity index (χ3n) is 3.02. The lowest BCUT2D eigenvalue weighted by atomic mass is 10.1. The second-order valence-electron chi connectivity index (χ2n) is 4.79. The summed E-state index contributed by atoms with van der Waals surface area (Å²) in [5.41, 5.74) is 0.650. The molecule has 2 rings (SSSR count). The highest BCUT2D eigenvalue weighted by atomic mass is 32.2. The molecular formula is C13H15N3O4S. The number of hydrogen-bond donors (Lipinski definition) is 1. The average Bonchev–Trinajstić information content (AvgIpc) is 2.42. The van der Waals surface area contributed by atoms with Gasteiger partial charge in [-0.2, -0.15) is 0 Å². The van der Waals surface area contributed by atoms with E-state index in [0.717, 1.165) is 0 Å². The summed E-state index contributed by atoms with van der Waals surface area (Å²) in [6, 6.07) is 4.57. The summed E-state index contributed by atoms with van der Waals surface area (Å²) >= 11 is 0. The lowest BCUT2D eigenvalue weighted by Crippen LogP contribution is -2.25. The largest absolute Gasteiger partial charge is 0.478 e. The van der Waals surface area contributed by atoms with E-state index < -0.39 is 15.8 Å². The van der Waals surface area contributed by atoms with Gasteiger partial charge in [0.1, 0.15) is 22.0 Å². The van der Waals surface area contributed by atoms with E-state index in [2.05, 4.69) is 9.97 Å². The molecule has 0 radical (unpaired) electrons. The molecule has 0 bridgehead atoms. The fraction of sp³-hybridized carbons (Fsp3) is 0.308. The molecule has 0 saturated heterocycles. The zero-order valence-electron chi connectivity index (χ0n) is 11.6. The number of fused-ring (bicyclic) bond motifs is 1. The molecule has 0 saturated carbocycles. The highest BCUT2D eigenvalue weighted by molar-refractivity contribution is 7.90. The van der Waals surface area contributed by atoms with Crippen LogP contribution >= 0.6 is 0 Å². The molecule has 7 nitrogen and oxygen atoms in total. The van der Waals surface area contributed by atoms with Crippen molar-refractivity contribution in [3.05, 3.63) is 30.1 Å². The first kappa shape index (κ1) is 15.2. The third kappa shape index (κ3) is 3.66. The fourth-order valence-electron chi connectivity index (χ4n) is 1.89. The van der Waals surface area contributed by atoms with Crippen molar-refractivity contribution < 1.29 is 18.3 Å². The summed E-state index contributed by atoms with van der Waals surface area (Å²) in [7, 11) is -1.33. The molecule has 0 amide bonds. The number of anilines is 1. The van der Waals surface area contributed by atoms with Crippen LogP contribution in [-0.4, -0.2) is 55.1 Å². The molecule has 1 aromatic heterocycles.